The molecule has 0 aliphatic carbocycles. The van der Waals surface area contributed by atoms with Gasteiger partial charge in [0.15, 0.2) is 0 Å². The lowest BCUT2D eigenvalue weighted by atomic mass is 9.97. The molecule has 10 nitrogen and oxygen atoms in total. The molecule has 1 saturated heterocycles. The molecular formula is C24H24ClFN4O6. The fraction of sp³-hybridized carbons (Fsp3) is 0.333. The van der Waals surface area contributed by atoms with Gasteiger partial charge in [-0.1, -0.05) is 24.6 Å². The summed E-state index contributed by atoms with van der Waals surface area (Å²) >= 11 is 6.09. The summed E-state index contributed by atoms with van der Waals surface area (Å²) in [7, 11) is 1.48. The van der Waals surface area contributed by atoms with Crippen LogP contribution in [0, 0.1) is 16.6 Å². The largest absolute Gasteiger partial charge is 0.496 e. The maximum Gasteiger partial charge on any atom is 0.325 e. The molecule has 12 heteroatoms. The summed E-state index contributed by atoms with van der Waals surface area (Å²) in [6, 6.07) is 6.83. The number of carbonyl (C=O) groups excluding carboxylic acids is 4. The number of methoxy groups -OCH3 is 1. The number of halogens is 2. The normalized spacial score (nSPS) is 16.6. The van der Waals surface area contributed by atoms with Crippen LogP contribution in [0.3, 0.4) is 0 Å². The van der Waals surface area contributed by atoms with Crippen molar-refractivity contribution in [1.29, 1.82) is 0 Å². The highest BCUT2D eigenvalue weighted by Crippen LogP contribution is 2.27. The lowest BCUT2D eigenvalue weighted by molar-refractivity contribution is -0.133. The van der Waals surface area contributed by atoms with Crippen molar-refractivity contribution in [3.05, 3.63) is 68.8 Å². The van der Waals surface area contributed by atoms with Crippen molar-refractivity contribution in [2.24, 2.45) is 11.1 Å². The van der Waals surface area contributed by atoms with Crippen LogP contribution in [-0.4, -0.2) is 48.9 Å². The lowest BCUT2D eigenvalue weighted by Crippen LogP contribution is -2.48. The Bertz CT molecular complexity index is 1210. The number of nitrogens with zero attached hydrogens (tertiary/aromatic N) is 2. The summed E-state index contributed by atoms with van der Waals surface area (Å²) in [6.45, 7) is 1.24. The van der Waals surface area contributed by atoms with Crippen LogP contribution in [0.1, 0.15) is 40.9 Å². The monoisotopic (exact) mass is 518 g/mol. The highest BCUT2D eigenvalue weighted by molar-refractivity contribution is 6.30. The third kappa shape index (κ3) is 6.03. The summed E-state index contributed by atoms with van der Waals surface area (Å²) in [5, 5.41) is 7.97. The maximum absolute atomic E-state index is 13.9. The highest BCUT2D eigenvalue weighted by atomic mass is 35.5. The number of ether oxygens (including phenoxy) is 1. The van der Waals surface area contributed by atoms with Crippen molar-refractivity contribution in [2.45, 2.75) is 25.8 Å². The average Bonchev–Trinajstić information content (AvgIpc) is 3.01. The highest BCUT2D eigenvalue weighted by Gasteiger charge is 2.35. The molecule has 5 amide bonds. The summed E-state index contributed by atoms with van der Waals surface area (Å²) in [4.78, 5) is 61.7. The van der Waals surface area contributed by atoms with Crippen molar-refractivity contribution < 1.29 is 28.3 Å². The molecule has 1 heterocycles. The Labute approximate surface area is 211 Å². The second-order valence-electron chi connectivity index (χ2n) is 8.13. The molecule has 2 aromatic carbocycles. The third-order valence-electron chi connectivity index (χ3n) is 5.83. The van der Waals surface area contributed by atoms with Crippen molar-refractivity contribution in [1.82, 2.24) is 15.5 Å². The van der Waals surface area contributed by atoms with Gasteiger partial charge in [0, 0.05) is 16.7 Å². The van der Waals surface area contributed by atoms with Crippen LogP contribution in [0.5, 0.6) is 5.75 Å². The average molecular weight is 519 g/mol. The van der Waals surface area contributed by atoms with Crippen LogP contribution in [0.2, 0.25) is 5.02 Å². The molecule has 36 heavy (non-hydrogen) atoms. The molecule has 3 rings (SSSR count). The van der Waals surface area contributed by atoms with E-state index in [-0.39, 0.29) is 13.0 Å². The van der Waals surface area contributed by atoms with Gasteiger partial charge in [0.1, 0.15) is 18.1 Å². The van der Waals surface area contributed by atoms with Gasteiger partial charge in [0.05, 0.1) is 24.6 Å². The molecular weight excluding hydrogens is 495 g/mol. The Morgan fingerprint density at radius 2 is 2.03 bits per heavy atom. The van der Waals surface area contributed by atoms with Crippen molar-refractivity contribution >= 4 is 35.4 Å². The van der Waals surface area contributed by atoms with Crippen LogP contribution in [-0.2, 0) is 16.0 Å². The number of nitroso groups, excluding NO2 is 1. The van der Waals surface area contributed by atoms with Gasteiger partial charge in [-0.05, 0) is 54.3 Å². The molecule has 2 aromatic rings. The van der Waals surface area contributed by atoms with Crippen molar-refractivity contribution in [3.63, 3.8) is 0 Å². The van der Waals surface area contributed by atoms with Gasteiger partial charge < -0.3 is 15.4 Å². The van der Waals surface area contributed by atoms with Gasteiger partial charge >= 0.3 is 11.9 Å². The number of amides is 5. The molecule has 0 radical (unpaired) electrons. The standard InChI is InChI=1S/C24H24ClFN4O6/c1-3-19(13-4-6-18(26)17(10-13)22(32)29-35)28-24(34)30-12-21(31)27-11-15(23(30)33)8-14-9-16(25)5-7-20(14)36-2/h4-7,9-10,15,19H,3,8,11-12H2,1-2H3,(H,27,31)(H,28,34)/t15-,19+/m0/s1. The van der Waals surface area contributed by atoms with E-state index in [4.69, 9.17) is 16.3 Å². The van der Waals surface area contributed by atoms with Crippen LogP contribution in [0.15, 0.2) is 41.6 Å². The number of carbonyl (C=O) groups is 4. The van der Waals surface area contributed by atoms with E-state index in [9.17, 15) is 28.5 Å². The molecule has 1 fully saturated rings. The minimum atomic E-state index is -1.28. The molecule has 0 spiro atoms. The van der Waals surface area contributed by atoms with Crippen LogP contribution in [0.4, 0.5) is 9.18 Å². The summed E-state index contributed by atoms with van der Waals surface area (Å²) in [6.07, 6.45) is 0.461. The van der Waals surface area contributed by atoms with Crippen LogP contribution >= 0.6 is 11.6 Å². The van der Waals surface area contributed by atoms with Gasteiger partial charge in [-0.15, -0.1) is 4.91 Å². The van der Waals surface area contributed by atoms with E-state index in [1.54, 1.807) is 25.1 Å². The third-order valence-corrected chi connectivity index (χ3v) is 6.06. The van der Waals surface area contributed by atoms with E-state index in [0.717, 1.165) is 17.0 Å². The lowest BCUT2D eigenvalue weighted by Gasteiger charge is -2.25. The summed E-state index contributed by atoms with van der Waals surface area (Å²) in [5.74, 6) is -3.57. The van der Waals surface area contributed by atoms with E-state index in [2.05, 4.69) is 15.8 Å². The Kier molecular flexibility index (Phi) is 8.70. The Balaban J connectivity index is 1.83. The molecule has 0 saturated carbocycles. The fourth-order valence-corrected chi connectivity index (χ4v) is 4.14. The molecule has 2 N–H and O–H groups in total. The number of nitrogens with one attached hydrogen (secondary N) is 2. The predicted molar refractivity (Wildman–Crippen MR) is 128 cm³/mol. The van der Waals surface area contributed by atoms with Gasteiger partial charge in [-0.2, -0.15) is 0 Å². The first-order valence-electron chi connectivity index (χ1n) is 11.1. The second-order valence-corrected chi connectivity index (χ2v) is 8.57. The maximum atomic E-state index is 13.9. The van der Waals surface area contributed by atoms with E-state index in [1.165, 1.54) is 13.2 Å². The summed E-state index contributed by atoms with van der Waals surface area (Å²) < 4.78 is 19.3. The number of rotatable bonds is 7. The van der Waals surface area contributed by atoms with E-state index in [1.807, 2.05) is 0 Å². The number of hydrogen-bond donors (Lipinski definition) is 2. The SMILES string of the molecule is CC[C@@H](NC(=O)N1CC(=O)NC[C@H](Cc2cc(Cl)ccc2OC)C1=O)c1ccc(F)c(C(=O)N=O)c1. The molecule has 0 bridgehead atoms. The minimum absolute atomic E-state index is 0.0104. The Hall–Kier alpha value is -3.86. The van der Waals surface area contributed by atoms with E-state index >= 15 is 0 Å². The topological polar surface area (TPSA) is 134 Å². The first-order chi connectivity index (χ1) is 17.2. The first kappa shape index (κ1) is 26.7. The van der Waals surface area contributed by atoms with E-state index in [0.29, 0.717) is 28.3 Å². The summed E-state index contributed by atoms with van der Waals surface area (Å²) in [5.41, 5.74) is 0.431. The van der Waals surface area contributed by atoms with Gasteiger partial charge in [-0.25, -0.2) is 9.18 Å². The van der Waals surface area contributed by atoms with Crippen molar-refractivity contribution in [3.8, 4) is 5.75 Å². The van der Waals surface area contributed by atoms with Crippen LogP contribution < -0.4 is 15.4 Å². The quantitative estimate of drug-likeness (QED) is 0.540. The molecule has 1 aliphatic heterocycles. The Morgan fingerprint density at radius 1 is 1.28 bits per heavy atom. The van der Waals surface area contributed by atoms with Gasteiger partial charge in [-0.3, -0.25) is 19.3 Å². The van der Waals surface area contributed by atoms with Gasteiger partial charge in [0.25, 0.3) is 0 Å². The Morgan fingerprint density at radius 3 is 2.69 bits per heavy atom. The first-order valence-corrected chi connectivity index (χ1v) is 11.4. The molecule has 190 valence electrons. The zero-order chi connectivity index (χ0) is 26.4. The zero-order valence-corrected chi connectivity index (χ0v) is 20.3. The van der Waals surface area contributed by atoms with E-state index < -0.39 is 53.6 Å². The molecule has 0 aromatic heterocycles. The van der Waals surface area contributed by atoms with Crippen molar-refractivity contribution in [2.75, 3.05) is 20.2 Å². The smallest absolute Gasteiger partial charge is 0.325 e. The zero-order valence-electron chi connectivity index (χ0n) is 19.5. The molecule has 0 unspecified atom stereocenters. The number of benzene rings is 2. The number of imide groups is 1. The van der Waals surface area contributed by atoms with Gasteiger partial charge in [0.2, 0.25) is 11.8 Å². The molecule has 1 aliphatic rings. The number of urea groups is 1. The molecule has 2 atom stereocenters. The minimum Gasteiger partial charge on any atom is -0.496 e. The fourth-order valence-electron chi connectivity index (χ4n) is 3.95. The number of hydrogen-bond acceptors (Lipinski definition) is 6. The van der Waals surface area contributed by atoms with Crippen LogP contribution in [0.25, 0.3) is 0 Å². The second kappa shape index (κ2) is 11.7. The predicted octanol–water partition coefficient (Wildman–Crippen LogP) is 3.37.